The van der Waals surface area contributed by atoms with Crippen LogP contribution >= 0.6 is 11.6 Å². The Balaban J connectivity index is 2.00. The van der Waals surface area contributed by atoms with Gasteiger partial charge in [-0.2, -0.15) is 0 Å². The second-order valence-corrected chi connectivity index (χ2v) is 5.22. The van der Waals surface area contributed by atoms with Crippen molar-refractivity contribution in [2.75, 3.05) is 24.3 Å². The molecule has 2 N–H and O–H groups in total. The van der Waals surface area contributed by atoms with Crippen molar-refractivity contribution in [1.29, 1.82) is 0 Å². The van der Waals surface area contributed by atoms with E-state index in [4.69, 9.17) is 16.3 Å². The van der Waals surface area contributed by atoms with E-state index < -0.39 is 0 Å². The number of rotatable bonds is 6. The maximum absolute atomic E-state index is 12.0. The third-order valence-electron chi connectivity index (χ3n) is 3.21. The monoisotopic (exact) mass is 335 g/mol. The number of methoxy groups -OCH3 is 1. The number of nitrogens with one attached hydrogen (secondary N) is 2. The third-order valence-corrected chi connectivity index (χ3v) is 3.44. The predicted octanol–water partition coefficient (Wildman–Crippen LogP) is 2.58. The average molecular weight is 336 g/mol. The molecule has 0 atom stereocenters. The number of halogens is 1. The van der Waals surface area contributed by atoms with Gasteiger partial charge >= 0.3 is 0 Å². The molecule has 7 heteroatoms. The van der Waals surface area contributed by atoms with Crippen molar-refractivity contribution < 1.29 is 9.53 Å². The summed E-state index contributed by atoms with van der Waals surface area (Å²) in [6.07, 6.45) is 1.61. The van der Waals surface area contributed by atoms with Crippen molar-refractivity contribution in [3.63, 3.8) is 0 Å². The predicted molar refractivity (Wildman–Crippen MR) is 91.5 cm³/mol. The largest absolute Gasteiger partial charge is 0.495 e. The fourth-order valence-electron chi connectivity index (χ4n) is 2.05. The topological polar surface area (TPSA) is 72.4 Å². The average Bonchev–Trinajstić information content (AvgIpc) is 2.55. The molecular weight excluding hydrogens is 318 g/mol. The highest BCUT2D eigenvalue weighted by atomic mass is 35.5. The first-order valence-corrected chi connectivity index (χ1v) is 7.49. The minimum Gasteiger partial charge on any atom is -0.495 e. The molecular formula is C16H18ClN3O3. The van der Waals surface area contributed by atoms with Gasteiger partial charge in [0.05, 0.1) is 25.0 Å². The summed E-state index contributed by atoms with van der Waals surface area (Å²) >= 11 is 5.94. The molecule has 1 amide bonds. The van der Waals surface area contributed by atoms with Gasteiger partial charge in [0.15, 0.2) is 0 Å². The van der Waals surface area contributed by atoms with Crippen LogP contribution in [-0.2, 0) is 11.3 Å². The van der Waals surface area contributed by atoms with Crippen LogP contribution in [0.2, 0.25) is 5.02 Å². The van der Waals surface area contributed by atoms with E-state index in [1.54, 1.807) is 37.6 Å². The molecule has 1 aromatic heterocycles. The zero-order valence-electron chi connectivity index (χ0n) is 12.9. The molecule has 23 heavy (non-hydrogen) atoms. The van der Waals surface area contributed by atoms with Crippen molar-refractivity contribution in [1.82, 2.24) is 4.57 Å². The number of benzene rings is 1. The molecule has 2 aromatic rings. The van der Waals surface area contributed by atoms with Gasteiger partial charge in [0.2, 0.25) is 5.91 Å². The molecule has 0 bridgehead atoms. The summed E-state index contributed by atoms with van der Waals surface area (Å²) in [7, 11) is 1.54. The SMILES string of the molecule is CCn1cc(NC(=O)CNc2cc(Cl)ccc2OC)ccc1=O. The van der Waals surface area contributed by atoms with E-state index in [0.29, 0.717) is 28.7 Å². The molecule has 1 heterocycles. The van der Waals surface area contributed by atoms with E-state index in [1.165, 1.54) is 10.6 Å². The second-order valence-electron chi connectivity index (χ2n) is 4.79. The van der Waals surface area contributed by atoms with E-state index in [9.17, 15) is 9.59 Å². The number of hydrogen-bond acceptors (Lipinski definition) is 4. The number of amides is 1. The van der Waals surface area contributed by atoms with Gasteiger partial charge in [0, 0.05) is 23.8 Å². The Morgan fingerprint density at radius 1 is 1.30 bits per heavy atom. The number of ether oxygens (including phenoxy) is 1. The highest BCUT2D eigenvalue weighted by Crippen LogP contribution is 2.27. The lowest BCUT2D eigenvalue weighted by atomic mass is 10.3. The Morgan fingerprint density at radius 2 is 2.09 bits per heavy atom. The molecule has 0 saturated heterocycles. The molecule has 0 spiro atoms. The van der Waals surface area contributed by atoms with Crippen LogP contribution in [0.15, 0.2) is 41.3 Å². The van der Waals surface area contributed by atoms with E-state index >= 15 is 0 Å². The lowest BCUT2D eigenvalue weighted by Gasteiger charge is -2.12. The first kappa shape index (κ1) is 16.9. The van der Waals surface area contributed by atoms with Crippen LogP contribution in [0.3, 0.4) is 0 Å². The van der Waals surface area contributed by atoms with Gasteiger partial charge in [0.25, 0.3) is 5.56 Å². The zero-order valence-corrected chi connectivity index (χ0v) is 13.7. The van der Waals surface area contributed by atoms with Crippen LogP contribution in [0.5, 0.6) is 5.75 Å². The number of carbonyl (C=O) groups is 1. The van der Waals surface area contributed by atoms with Gasteiger partial charge in [-0.15, -0.1) is 0 Å². The molecule has 0 aliphatic carbocycles. The number of anilines is 2. The van der Waals surface area contributed by atoms with Crippen LogP contribution in [0.25, 0.3) is 0 Å². The fraction of sp³-hybridized carbons (Fsp3) is 0.250. The maximum atomic E-state index is 12.0. The summed E-state index contributed by atoms with van der Waals surface area (Å²) in [5.41, 5.74) is 1.09. The Labute approximate surface area is 139 Å². The van der Waals surface area contributed by atoms with Crippen molar-refractivity contribution in [3.8, 4) is 5.75 Å². The molecule has 2 rings (SSSR count). The molecule has 122 valence electrons. The number of aromatic nitrogens is 1. The molecule has 0 saturated carbocycles. The summed E-state index contributed by atoms with van der Waals surface area (Å²) in [6, 6.07) is 8.11. The molecule has 0 unspecified atom stereocenters. The van der Waals surface area contributed by atoms with Gasteiger partial charge < -0.3 is 19.9 Å². The first-order valence-electron chi connectivity index (χ1n) is 7.11. The van der Waals surface area contributed by atoms with Crippen molar-refractivity contribution >= 4 is 28.9 Å². The molecule has 0 radical (unpaired) electrons. The Bertz CT molecular complexity index is 758. The van der Waals surface area contributed by atoms with Gasteiger partial charge in [0.1, 0.15) is 5.75 Å². The summed E-state index contributed by atoms with van der Waals surface area (Å²) in [6.45, 7) is 2.45. The van der Waals surface area contributed by atoms with Crippen LogP contribution in [0, 0.1) is 0 Å². The Hall–Kier alpha value is -2.47. The first-order chi connectivity index (χ1) is 11.0. The second kappa shape index (κ2) is 7.69. The number of hydrogen-bond donors (Lipinski definition) is 2. The van der Waals surface area contributed by atoms with Crippen LogP contribution in [0.1, 0.15) is 6.92 Å². The molecule has 0 aliphatic heterocycles. The van der Waals surface area contributed by atoms with E-state index in [1.807, 2.05) is 6.92 Å². The number of aryl methyl sites for hydroxylation is 1. The standard InChI is InChI=1S/C16H18ClN3O3/c1-3-20-10-12(5-7-16(20)22)19-15(21)9-18-13-8-11(17)4-6-14(13)23-2/h4-8,10,18H,3,9H2,1-2H3,(H,19,21). The van der Waals surface area contributed by atoms with E-state index in [-0.39, 0.29) is 18.0 Å². The molecule has 6 nitrogen and oxygen atoms in total. The fourth-order valence-corrected chi connectivity index (χ4v) is 2.22. The van der Waals surface area contributed by atoms with Gasteiger partial charge in [-0.3, -0.25) is 9.59 Å². The molecule has 0 fully saturated rings. The highest BCUT2D eigenvalue weighted by Gasteiger charge is 2.07. The summed E-state index contributed by atoms with van der Waals surface area (Å²) in [4.78, 5) is 23.5. The number of nitrogens with zero attached hydrogens (tertiary/aromatic N) is 1. The minimum atomic E-state index is -0.242. The molecule has 0 aliphatic rings. The smallest absolute Gasteiger partial charge is 0.250 e. The quantitative estimate of drug-likeness (QED) is 0.851. The maximum Gasteiger partial charge on any atom is 0.250 e. The summed E-state index contributed by atoms with van der Waals surface area (Å²) in [5, 5.41) is 6.25. The highest BCUT2D eigenvalue weighted by molar-refractivity contribution is 6.30. The van der Waals surface area contributed by atoms with E-state index in [2.05, 4.69) is 10.6 Å². The van der Waals surface area contributed by atoms with Gasteiger partial charge in [-0.1, -0.05) is 11.6 Å². The lowest BCUT2D eigenvalue weighted by Crippen LogP contribution is -2.24. The number of pyridine rings is 1. The van der Waals surface area contributed by atoms with Crippen LogP contribution in [0.4, 0.5) is 11.4 Å². The Morgan fingerprint density at radius 3 is 2.78 bits per heavy atom. The number of carbonyl (C=O) groups excluding carboxylic acids is 1. The minimum absolute atomic E-state index is 0.0436. The summed E-state index contributed by atoms with van der Waals surface area (Å²) < 4.78 is 6.72. The van der Waals surface area contributed by atoms with Crippen LogP contribution in [-0.4, -0.2) is 24.1 Å². The van der Waals surface area contributed by atoms with Crippen molar-refractivity contribution in [2.45, 2.75) is 13.5 Å². The Kier molecular flexibility index (Phi) is 5.65. The lowest BCUT2D eigenvalue weighted by molar-refractivity contribution is -0.114. The normalized spacial score (nSPS) is 10.2. The van der Waals surface area contributed by atoms with Gasteiger partial charge in [-0.25, -0.2) is 0 Å². The van der Waals surface area contributed by atoms with Crippen molar-refractivity contribution in [3.05, 3.63) is 51.9 Å². The zero-order chi connectivity index (χ0) is 16.8. The van der Waals surface area contributed by atoms with Crippen molar-refractivity contribution in [2.24, 2.45) is 0 Å². The van der Waals surface area contributed by atoms with Crippen LogP contribution < -0.4 is 20.9 Å². The van der Waals surface area contributed by atoms with E-state index in [0.717, 1.165) is 0 Å². The third kappa shape index (κ3) is 4.50. The van der Waals surface area contributed by atoms with Gasteiger partial charge in [-0.05, 0) is 31.2 Å². The summed E-state index contributed by atoms with van der Waals surface area (Å²) in [5.74, 6) is 0.357. The molecule has 1 aromatic carbocycles.